The summed E-state index contributed by atoms with van der Waals surface area (Å²) in [6, 6.07) is 12.1. The molecule has 3 aromatic rings. The van der Waals surface area contributed by atoms with Gasteiger partial charge < -0.3 is 5.32 Å². The molecular formula is C22H17ClF3N3O2S. The highest BCUT2D eigenvalue weighted by molar-refractivity contribution is 7.90. The van der Waals surface area contributed by atoms with E-state index < -0.39 is 33.4 Å². The summed E-state index contributed by atoms with van der Waals surface area (Å²) >= 11 is 5.77. The zero-order valence-corrected chi connectivity index (χ0v) is 18.2. The summed E-state index contributed by atoms with van der Waals surface area (Å²) < 4.78 is 70.5. The molecule has 0 bridgehead atoms. The summed E-state index contributed by atoms with van der Waals surface area (Å²) in [5.41, 5.74) is 0.734. The molecule has 3 aromatic carbocycles. The molecule has 10 heteroatoms. The molecule has 1 aliphatic rings. The molecule has 166 valence electrons. The molecule has 4 rings (SSSR count). The van der Waals surface area contributed by atoms with Crippen molar-refractivity contribution >= 4 is 33.3 Å². The van der Waals surface area contributed by atoms with Crippen molar-refractivity contribution in [2.24, 2.45) is 4.99 Å². The molecule has 0 fully saturated rings. The first-order chi connectivity index (χ1) is 15.2. The van der Waals surface area contributed by atoms with Crippen molar-refractivity contribution in [3.05, 3.63) is 93.8 Å². The Morgan fingerprint density at radius 2 is 1.72 bits per heavy atom. The van der Waals surface area contributed by atoms with E-state index in [-0.39, 0.29) is 39.2 Å². The first-order valence-electron chi connectivity index (χ1n) is 9.52. The standard InChI is InChI=1S/C22H17ClF3N3O2S/c1-12(14-4-2-3-5-16(14)24)20-18(26)8-9-19-21(20)28-22(29-32(19,30)31)27-11-13-6-7-17(25)15(23)10-13/h2-10,12H,11H2,1H3,(H2,27,28,29)/t12-/m1/s1. The Bertz CT molecular complexity index is 1350. The maximum Gasteiger partial charge on any atom is 0.266 e. The van der Waals surface area contributed by atoms with E-state index in [9.17, 15) is 21.6 Å². The van der Waals surface area contributed by atoms with Gasteiger partial charge in [0.2, 0.25) is 5.96 Å². The van der Waals surface area contributed by atoms with Gasteiger partial charge in [-0.2, -0.15) is 0 Å². The van der Waals surface area contributed by atoms with Gasteiger partial charge >= 0.3 is 0 Å². The number of sulfonamides is 1. The highest BCUT2D eigenvalue weighted by Crippen LogP contribution is 2.38. The van der Waals surface area contributed by atoms with Gasteiger partial charge in [0.25, 0.3) is 10.0 Å². The summed E-state index contributed by atoms with van der Waals surface area (Å²) in [4.78, 5) is 4.00. The number of nitrogens with zero attached hydrogens (tertiary/aromatic N) is 1. The Kier molecular flexibility index (Phi) is 5.87. The lowest BCUT2D eigenvalue weighted by atomic mass is 9.91. The van der Waals surface area contributed by atoms with Crippen LogP contribution in [0.4, 0.5) is 18.9 Å². The van der Waals surface area contributed by atoms with Gasteiger partial charge in [-0.3, -0.25) is 0 Å². The van der Waals surface area contributed by atoms with Crippen molar-refractivity contribution in [3.8, 4) is 0 Å². The minimum atomic E-state index is -4.07. The third-order valence-corrected chi connectivity index (χ3v) is 6.80. The van der Waals surface area contributed by atoms with E-state index in [0.717, 1.165) is 12.1 Å². The number of hydrogen-bond donors (Lipinski definition) is 2. The van der Waals surface area contributed by atoms with Crippen molar-refractivity contribution in [1.82, 2.24) is 4.72 Å². The second kappa shape index (κ2) is 8.48. The Balaban J connectivity index is 1.76. The van der Waals surface area contributed by atoms with Crippen LogP contribution in [0.3, 0.4) is 0 Å². The summed E-state index contributed by atoms with van der Waals surface area (Å²) in [6.07, 6.45) is 0. The molecule has 0 saturated heterocycles. The lowest BCUT2D eigenvalue weighted by Crippen LogP contribution is -2.41. The second-order valence-corrected chi connectivity index (χ2v) is 9.28. The Morgan fingerprint density at radius 3 is 2.44 bits per heavy atom. The van der Waals surface area contributed by atoms with Gasteiger partial charge in [0, 0.05) is 11.5 Å². The zero-order chi connectivity index (χ0) is 23.0. The van der Waals surface area contributed by atoms with Gasteiger partial charge in [-0.15, -0.1) is 0 Å². The molecule has 1 aliphatic heterocycles. The monoisotopic (exact) mass is 479 g/mol. The first kappa shape index (κ1) is 22.2. The predicted octanol–water partition coefficient (Wildman–Crippen LogP) is 5.17. The largest absolute Gasteiger partial charge is 0.324 e. The number of halogens is 4. The van der Waals surface area contributed by atoms with E-state index >= 15 is 0 Å². The quantitative estimate of drug-likeness (QED) is 0.542. The average Bonchev–Trinajstić information content (AvgIpc) is 2.74. The van der Waals surface area contributed by atoms with Crippen LogP contribution in [0, 0.1) is 17.5 Å². The van der Waals surface area contributed by atoms with Crippen LogP contribution < -0.4 is 10.0 Å². The van der Waals surface area contributed by atoms with Crippen LogP contribution >= 0.6 is 11.6 Å². The fourth-order valence-corrected chi connectivity index (χ4v) is 4.90. The topological polar surface area (TPSA) is 70.6 Å². The number of anilines is 1. The highest BCUT2D eigenvalue weighted by atomic mass is 35.5. The summed E-state index contributed by atoms with van der Waals surface area (Å²) in [7, 11) is -4.07. The number of hydrogen-bond acceptors (Lipinski definition) is 3. The molecule has 0 aromatic heterocycles. The zero-order valence-electron chi connectivity index (χ0n) is 16.7. The SMILES string of the molecule is C[C@H](c1ccccc1F)c1c(F)ccc2c1NC(=NCc1ccc(F)c(Cl)c1)NS2(=O)=O. The molecule has 32 heavy (non-hydrogen) atoms. The molecule has 0 spiro atoms. The molecule has 0 unspecified atom stereocenters. The lowest BCUT2D eigenvalue weighted by Gasteiger charge is -2.26. The van der Waals surface area contributed by atoms with E-state index in [0.29, 0.717) is 5.56 Å². The van der Waals surface area contributed by atoms with Crippen molar-refractivity contribution in [2.75, 3.05) is 5.32 Å². The molecule has 0 saturated carbocycles. The number of guanidine groups is 1. The van der Waals surface area contributed by atoms with Crippen LogP contribution in [0.25, 0.3) is 0 Å². The molecular weight excluding hydrogens is 463 g/mol. The second-order valence-electron chi connectivity index (χ2n) is 7.22. The fourth-order valence-electron chi connectivity index (χ4n) is 3.54. The van der Waals surface area contributed by atoms with E-state index in [2.05, 4.69) is 15.0 Å². The minimum absolute atomic E-state index is 0.00444. The summed E-state index contributed by atoms with van der Waals surface area (Å²) in [5.74, 6) is -2.74. The number of rotatable bonds is 4. The van der Waals surface area contributed by atoms with Gasteiger partial charge in [-0.05, 0) is 41.5 Å². The maximum atomic E-state index is 14.9. The van der Waals surface area contributed by atoms with E-state index in [4.69, 9.17) is 11.6 Å². The average molecular weight is 480 g/mol. The maximum absolute atomic E-state index is 14.9. The molecule has 0 aliphatic carbocycles. The van der Waals surface area contributed by atoms with Gasteiger partial charge in [0.05, 0.1) is 17.3 Å². The van der Waals surface area contributed by atoms with Gasteiger partial charge in [0.1, 0.15) is 22.3 Å². The van der Waals surface area contributed by atoms with Crippen LogP contribution in [0.2, 0.25) is 5.02 Å². The van der Waals surface area contributed by atoms with Crippen molar-refractivity contribution in [3.63, 3.8) is 0 Å². The lowest BCUT2D eigenvalue weighted by molar-refractivity contribution is 0.577. The molecule has 5 nitrogen and oxygen atoms in total. The molecule has 0 amide bonds. The van der Waals surface area contributed by atoms with Gasteiger partial charge in [-0.25, -0.2) is 31.3 Å². The van der Waals surface area contributed by atoms with Crippen LogP contribution in [0.5, 0.6) is 0 Å². The highest BCUT2D eigenvalue weighted by Gasteiger charge is 2.32. The van der Waals surface area contributed by atoms with Crippen molar-refractivity contribution < 1.29 is 21.6 Å². The van der Waals surface area contributed by atoms with Crippen molar-refractivity contribution in [2.45, 2.75) is 24.3 Å². The fraction of sp³-hybridized carbons (Fsp3) is 0.136. The molecule has 0 radical (unpaired) electrons. The van der Waals surface area contributed by atoms with Crippen molar-refractivity contribution in [1.29, 1.82) is 0 Å². The van der Waals surface area contributed by atoms with Crippen LogP contribution in [0.15, 0.2) is 64.5 Å². The number of nitrogens with one attached hydrogen (secondary N) is 2. The molecule has 2 N–H and O–H groups in total. The van der Waals surface area contributed by atoms with E-state index in [1.54, 1.807) is 13.0 Å². The Morgan fingerprint density at radius 1 is 1.00 bits per heavy atom. The van der Waals surface area contributed by atoms with Gasteiger partial charge in [0.15, 0.2) is 0 Å². The number of benzene rings is 3. The first-order valence-corrected chi connectivity index (χ1v) is 11.4. The van der Waals surface area contributed by atoms with E-state index in [1.165, 1.54) is 36.4 Å². The summed E-state index contributed by atoms with van der Waals surface area (Å²) in [6.45, 7) is 1.57. The van der Waals surface area contributed by atoms with Crippen LogP contribution in [-0.4, -0.2) is 14.4 Å². The predicted molar refractivity (Wildman–Crippen MR) is 117 cm³/mol. The normalized spacial score (nSPS) is 16.7. The third-order valence-electron chi connectivity index (χ3n) is 5.13. The molecule has 1 atom stereocenters. The summed E-state index contributed by atoms with van der Waals surface area (Å²) in [5, 5.41) is 2.73. The smallest absolute Gasteiger partial charge is 0.266 e. The van der Waals surface area contributed by atoms with Crippen LogP contribution in [-0.2, 0) is 16.6 Å². The van der Waals surface area contributed by atoms with E-state index in [1.807, 2.05) is 0 Å². The Hall–Kier alpha value is -3.04. The minimum Gasteiger partial charge on any atom is -0.324 e. The third kappa shape index (κ3) is 4.18. The molecule has 1 heterocycles. The Labute approximate surface area is 188 Å². The number of fused-ring (bicyclic) bond motifs is 1. The van der Waals surface area contributed by atoms with Gasteiger partial charge in [-0.1, -0.05) is 42.8 Å². The number of aliphatic imine (C=N–C) groups is 1. The van der Waals surface area contributed by atoms with Crippen LogP contribution in [0.1, 0.15) is 29.5 Å².